The molecular formula is C36H38N8O3. The number of pyridine rings is 1. The van der Waals surface area contributed by atoms with Gasteiger partial charge in [-0.2, -0.15) is 4.98 Å². The highest BCUT2D eigenvalue weighted by Gasteiger charge is 2.30. The van der Waals surface area contributed by atoms with Gasteiger partial charge in [-0.05, 0) is 60.4 Å². The highest BCUT2D eigenvalue weighted by atomic mass is 16.5. The molecule has 0 radical (unpaired) electrons. The van der Waals surface area contributed by atoms with Crippen LogP contribution in [0.1, 0.15) is 22.3 Å². The van der Waals surface area contributed by atoms with Gasteiger partial charge < -0.3 is 28.9 Å². The molecule has 5 aromatic rings. The average molecular weight is 631 g/mol. The molecule has 11 heteroatoms. The summed E-state index contributed by atoms with van der Waals surface area (Å²) in [7, 11) is 3.35. The Bertz CT molecular complexity index is 1760. The van der Waals surface area contributed by atoms with Crippen molar-refractivity contribution in [2.45, 2.75) is 26.4 Å². The fourth-order valence-corrected chi connectivity index (χ4v) is 6.06. The summed E-state index contributed by atoms with van der Waals surface area (Å²) >= 11 is 0. The maximum Gasteiger partial charge on any atom is 0.228 e. The van der Waals surface area contributed by atoms with Crippen molar-refractivity contribution >= 4 is 23.5 Å². The molecule has 5 heterocycles. The Morgan fingerprint density at radius 3 is 2.00 bits per heavy atom. The second kappa shape index (κ2) is 13.6. The van der Waals surface area contributed by atoms with E-state index in [0.717, 1.165) is 82.7 Å². The first-order valence-electron chi connectivity index (χ1n) is 15.9. The monoisotopic (exact) mass is 630 g/mol. The van der Waals surface area contributed by atoms with Crippen molar-refractivity contribution in [1.82, 2.24) is 24.9 Å². The molecule has 3 aromatic heterocycles. The summed E-state index contributed by atoms with van der Waals surface area (Å²) in [6.07, 6.45) is 6.41. The molecule has 1 saturated heterocycles. The van der Waals surface area contributed by atoms with E-state index in [4.69, 9.17) is 39.1 Å². The van der Waals surface area contributed by atoms with Gasteiger partial charge >= 0.3 is 0 Å². The molecule has 1 fully saturated rings. The topological polar surface area (TPSA) is 102 Å². The van der Waals surface area contributed by atoms with E-state index in [1.807, 2.05) is 48.9 Å². The summed E-state index contributed by atoms with van der Waals surface area (Å²) in [6.45, 7) is 6.88. The van der Waals surface area contributed by atoms with Gasteiger partial charge in [0.05, 0.1) is 33.1 Å². The highest BCUT2D eigenvalue weighted by molar-refractivity contribution is 5.76. The third-order valence-electron chi connectivity index (χ3n) is 8.61. The Morgan fingerprint density at radius 2 is 1.40 bits per heavy atom. The van der Waals surface area contributed by atoms with Crippen LogP contribution >= 0.6 is 0 Å². The Hall–Kier alpha value is -5.29. The lowest BCUT2D eigenvalue weighted by Gasteiger charge is -2.28. The molecule has 0 spiro atoms. The van der Waals surface area contributed by atoms with Crippen molar-refractivity contribution in [2.24, 2.45) is 0 Å². The van der Waals surface area contributed by atoms with E-state index in [0.29, 0.717) is 38.2 Å². The van der Waals surface area contributed by atoms with Crippen molar-refractivity contribution < 1.29 is 14.2 Å². The van der Waals surface area contributed by atoms with E-state index in [9.17, 15) is 0 Å². The number of methoxy groups -OCH3 is 2. The molecule has 0 N–H and O–H groups in total. The third kappa shape index (κ3) is 6.52. The first-order valence-corrected chi connectivity index (χ1v) is 15.9. The fraction of sp³-hybridized carbons (Fsp3) is 0.306. The minimum atomic E-state index is 0.623. The van der Waals surface area contributed by atoms with Gasteiger partial charge in [-0.3, -0.25) is 0 Å². The molecule has 2 aromatic carbocycles. The predicted molar refractivity (Wildman–Crippen MR) is 182 cm³/mol. The standard InChI is InChI=1S/C36H38N8O3/c1-25-5-4-15-37-33(25)44-16-14-31-32(40-36(41-34(31)44)42-17-19-47-20-18-42)28-21-38-35(39-22-28)43(23-26-6-10-29(45-2)11-7-26)24-27-8-12-30(46-3)13-9-27/h4-13,15,21-22H,14,16-20,23-24H2,1-3H3. The lowest BCUT2D eigenvalue weighted by Crippen LogP contribution is -2.37. The summed E-state index contributed by atoms with van der Waals surface area (Å²) in [5.41, 5.74) is 6.15. The Labute approximate surface area is 274 Å². The number of hydrogen-bond acceptors (Lipinski definition) is 11. The van der Waals surface area contributed by atoms with Crippen LogP contribution in [0.4, 0.5) is 23.5 Å². The SMILES string of the molecule is COc1ccc(CN(Cc2ccc(OC)cc2)c2ncc(-c3nc(N4CCOCC4)nc4c3CCN4c3ncccc3C)cn2)cc1. The lowest BCUT2D eigenvalue weighted by molar-refractivity contribution is 0.122. The number of ether oxygens (including phenoxy) is 3. The Morgan fingerprint density at radius 1 is 0.766 bits per heavy atom. The van der Waals surface area contributed by atoms with E-state index in [1.54, 1.807) is 14.2 Å². The van der Waals surface area contributed by atoms with Crippen LogP contribution in [0.3, 0.4) is 0 Å². The number of nitrogens with zero attached hydrogens (tertiary/aromatic N) is 8. The molecule has 0 saturated carbocycles. The van der Waals surface area contributed by atoms with Gasteiger partial charge in [0, 0.05) is 62.4 Å². The van der Waals surface area contributed by atoms with Gasteiger partial charge in [0.1, 0.15) is 23.1 Å². The number of rotatable bonds is 10. The number of aromatic nitrogens is 5. The lowest BCUT2D eigenvalue weighted by atomic mass is 10.1. The van der Waals surface area contributed by atoms with E-state index in [2.05, 4.69) is 52.0 Å². The molecule has 47 heavy (non-hydrogen) atoms. The van der Waals surface area contributed by atoms with Crippen LogP contribution in [0.25, 0.3) is 11.3 Å². The van der Waals surface area contributed by atoms with Gasteiger partial charge in [-0.1, -0.05) is 30.3 Å². The summed E-state index contributed by atoms with van der Waals surface area (Å²) in [5.74, 6) is 4.77. The number of hydrogen-bond donors (Lipinski definition) is 0. The number of morpholine rings is 1. The number of benzene rings is 2. The number of fused-ring (bicyclic) bond motifs is 1. The van der Waals surface area contributed by atoms with Gasteiger partial charge in [0.2, 0.25) is 11.9 Å². The molecule has 240 valence electrons. The van der Waals surface area contributed by atoms with Crippen LogP contribution in [0, 0.1) is 6.92 Å². The van der Waals surface area contributed by atoms with Gasteiger partial charge in [0.25, 0.3) is 0 Å². The number of aryl methyl sites for hydroxylation is 1. The van der Waals surface area contributed by atoms with Crippen molar-refractivity contribution in [1.29, 1.82) is 0 Å². The number of anilines is 4. The van der Waals surface area contributed by atoms with Crippen LogP contribution < -0.4 is 24.2 Å². The first-order chi connectivity index (χ1) is 23.1. The molecule has 0 bridgehead atoms. The summed E-state index contributed by atoms with van der Waals surface area (Å²) in [4.78, 5) is 31.3. The summed E-state index contributed by atoms with van der Waals surface area (Å²) in [6, 6.07) is 20.2. The van der Waals surface area contributed by atoms with Crippen molar-refractivity contribution in [2.75, 3.05) is 61.8 Å². The average Bonchev–Trinajstić information content (AvgIpc) is 3.56. The second-order valence-electron chi connectivity index (χ2n) is 11.6. The second-order valence-corrected chi connectivity index (χ2v) is 11.6. The van der Waals surface area contributed by atoms with Crippen molar-refractivity contribution in [3.8, 4) is 22.8 Å². The Balaban J connectivity index is 1.24. The molecule has 7 rings (SSSR count). The van der Waals surface area contributed by atoms with Gasteiger partial charge in [0.15, 0.2) is 0 Å². The van der Waals surface area contributed by atoms with E-state index >= 15 is 0 Å². The molecule has 0 atom stereocenters. The predicted octanol–water partition coefficient (Wildman–Crippen LogP) is 5.39. The third-order valence-corrected chi connectivity index (χ3v) is 8.61. The van der Waals surface area contributed by atoms with Crippen molar-refractivity contribution in [3.05, 3.63) is 102 Å². The van der Waals surface area contributed by atoms with Crippen molar-refractivity contribution in [3.63, 3.8) is 0 Å². The van der Waals surface area contributed by atoms with E-state index in [-0.39, 0.29) is 0 Å². The zero-order chi connectivity index (χ0) is 32.2. The minimum absolute atomic E-state index is 0.623. The molecule has 2 aliphatic rings. The quantitative estimate of drug-likeness (QED) is 0.198. The van der Waals surface area contributed by atoms with E-state index < -0.39 is 0 Å². The summed E-state index contributed by atoms with van der Waals surface area (Å²) < 4.78 is 16.4. The van der Waals surface area contributed by atoms with Gasteiger partial charge in [-0.15, -0.1) is 0 Å². The van der Waals surface area contributed by atoms with Crippen LogP contribution in [0.2, 0.25) is 0 Å². The highest BCUT2D eigenvalue weighted by Crippen LogP contribution is 2.39. The molecular weight excluding hydrogens is 592 g/mol. The van der Waals surface area contributed by atoms with Crippen LogP contribution in [0.5, 0.6) is 11.5 Å². The minimum Gasteiger partial charge on any atom is -0.497 e. The molecule has 0 amide bonds. The zero-order valence-corrected chi connectivity index (χ0v) is 27.0. The van der Waals surface area contributed by atoms with Gasteiger partial charge in [-0.25, -0.2) is 19.9 Å². The normalized spacial score (nSPS) is 14.2. The molecule has 11 nitrogen and oxygen atoms in total. The maximum absolute atomic E-state index is 5.62. The van der Waals surface area contributed by atoms with Crippen LogP contribution in [0.15, 0.2) is 79.3 Å². The molecule has 0 unspecified atom stereocenters. The van der Waals surface area contributed by atoms with Crippen LogP contribution in [-0.2, 0) is 24.2 Å². The summed E-state index contributed by atoms with van der Waals surface area (Å²) in [5, 5.41) is 0. The van der Waals surface area contributed by atoms with Crippen LogP contribution in [-0.4, -0.2) is 72.0 Å². The maximum atomic E-state index is 5.62. The zero-order valence-electron chi connectivity index (χ0n) is 27.0. The molecule has 0 aliphatic carbocycles. The first kappa shape index (κ1) is 30.4. The molecule has 2 aliphatic heterocycles. The Kier molecular flexibility index (Phi) is 8.79. The fourth-order valence-electron chi connectivity index (χ4n) is 6.06. The smallest absolute Gasteiger partial charge is 0.228 e. The van der Waals surface area contributed by atoms with E-state index in [1.165, 1.54) is 0 Å². The largest absolute Gasteiger partial charge is 0.497 e.